The van der Waals surface area contributed by atoms with E-state index in [0.29, 0.717) is 16.9 Å². The molecule has 0 atom stereocenters. The molecular weight excluding hydrogens is 472 g/mol. The number of rotatable bonds is 9. The number of benzene rings is 3. The molecule has 0 spiro atoms. The zero-order chi connectivity index (χ0) is 26.8. The van der Waals surface area contributed by atoms with E-state index in [1.54, 1.807) is 54.6 Å². The third-order valence-electron chi connectivity index (χ3n) is 5.07. The minimum atomic E-state index is -0.610. The SMILES string of the molecule is COc1cc(/C=N\NC(=O)/C(=C/c2ccc(N(C)C)cc2)NC(=O)c2ccccc2)ccc1OC(C)=O. The molecule has 0 radical (unpaired) electrons. The molecule has 0 heterocycles. The van der Waals surface area contributed by atoms with Crippen molar-refractivity contribution in [2.45, 2.75) is 6.92 Å². The Labute approximate surface area is 215 Å². The quantitative estimate of drug-likeness (QED) is 0.153. The highest BCUT2D eigenvalue weighted by Crippen LogP contribution is 2.27. The van der Waals surface area contributed by atoms with E-state index in [-0.39, 0.29) is 11.4 Å². The minimum Gasteiger partial charge on any atom is -0.493 e. The van der Waals surface area contributed by atoms with Gasteiger partial charge in [0.1, 0.15) is 5.70 Å². The molecule has 0 bridgehead atoms. The summed E-state index contributed by atoms with van der Waals surface area (Å²) in [4.78, 5) is 38.9. The second-order valence-corrected chi connectivity index (χ2v) is 8.07. The third kappa shape index (κ3) is 7.79. The largest absolute Gasteiger partial charge is 0.493 e. The molecule has 0 aliphatic rings. The maximum Gasteiger partial charge on any atom is 0.308 e. The molecule has 0 aromatic heterocycles. The summed E-state index contributed by atoms with van der Waals surface area (Å²) in [6.45, 7) is 1.29. The van der Waals surface area contributed by atoms with Crippen molar-refractivity contribution >= 4 is 35.8 Å². The van der Waals surface area contributed by atoms with Gasteiger partial charge in [-0.05, 0) is 59.7 Å². The Morgan fingerprint density at radius 3 is 2.19 bits per heavy atom. The lowest BCUT2D eigenvalue weighted by molar-refractivity contribution is -0.132. The number of anilines is 1. The number of hydrazone groups is 1. The number of hydrogen-bond acceptors (Lipinski definition) is 7. The number of esters is 1. The summed E-state index contributed by atoms with van der Waals surface area (Å²) < 4.78 is 10.3. The normalized spacial score (nSPS) is 11.1. The topological polar surface area (TPSA) is 109 Å². The molecule has 0 saturated carbocycles. The van der Waals surface area contributed by atoms with E-state index in [0.717, 1.165) is 11.3 Å². The predicted molar refractivity (Wildman–Crippen MR) is 143 cm³/mol. The molecule has 0 fully saturated rings. The molecule has 3 aromatic carbocycles. The van der Waals surface area contributed by atoms with Crippen LogP contribution >= 0.6 is 0 Å². The van der Waals surface area contributed by atoms with Crippen LogP contribution in [0.5, 0.6) is 11.5 Å². The van der Waals surface area contributed by atoms with Gasteiger partial charge in [0.05, 0.1) is 13.3 Å². The van der Waals surface area contributed by atoms with Crippen LogP contribution in [0.3, 0.4) is 0 Å². The first-order chi connectivity index (χ1) is 17.8. The van der Waals surface area contributed by atoms with Crippen molar-refractivity contribution in [2.75, 3.05) is 26.1 Å². The van der Waals surface area contributed by atoms with Crippen molar-refractivity contribution < 1.29 is 23.9 Å². The van der Waals surface area contributed by atoms with E-state index in [1.165, 1.54) is 20.2 Å². The van der Waals surface area contributed by atoms with E-state index in [9.17, 15) is 14.4 Å². The molecule has 37 heavy (non-hydrogen) atoms. The number of hydrogen-bond donors (Lipinski definition) is 2. The van der Waals surface area contributed by atoms with Gasteiger partial charge in [0, 0.05) is 32.3 Å². The Hall–Kier alpha value is -4.92. The molecule has 0 aliphatic carbocycles. The molecular formula is C28H28N4O5. The van der Waals surface area contributed by atoms with Crippen LogP contribution in [-0.2, 0) is 9.59 Å². The van der Waals surface area contributed by atoms with E-state index >= 15 is 0 Å². The van der Waals surface area contributed by atoms with Crippen LogP contribution in [0.2, 0.25) is 0 Å². The summed E-state index contributed by atoms with van der Waals surface area (Å²) in [5, 5.41) is 6.67. The second-order valence-electron chi connectivity index (χ2n) is 8.07. The van der Waals surface area contributed by atoms with Crippen LogP contribution < -0.4 is 25.1 Å². The first kappa shape index (κ1) is 26.7. The fourth-order valence-corrected chi connectivity index (χ4v) is 3.21. The highest BCUT2D eigenvalue weighted by atomic mass is 16.6. The average Bonchev–Trinajstić information content (AvgIpc) is 2.89. The molecule has 9 nitrogen and oxygen atoms in total. The summed E-state index contributed by atoms with van der Waals surface area (Å²) in [7, 11) is 5.31. The number of methoxy groups -OCH3 is 1. The number of nitrogens with zero attached hydrogens (tertiary/aromatic N) is 2. The van der Waals surface area contributed by atoms with Gasteiger partial charge in [-0.2, -0.15) is 5.10 Å². The van der Waals surface area contributed by atoms with Gasteiger partial charge in [-0.3, -0.25) is 14.4 Å². The fraction of sp³-hybridized carbons (Fsp3) is 0.143. The number of ether oxygens (including phenoxy) is 2. The monoisotopic (exact) mass is 500 g/mol. The third-order valence-corrected chi connectivity index (χ3v) is 5.07. The Kier molecular flexibility index (Phi) is 9.15. The van der Waals surface area contributed by atoms with Gasteiger partial charge in [0.2, 0.25) is 0 Å². The van der Waals surface area contributed by atoms with Gasteiger partial charge in [-0.15, -0.1) is 0 Å². The second kappa shape index (κ2) is 12.7. The van der Waals surface area contributed by atoms with E-state index in [4.69, 9.17) is 9.47 Å². The molecule has 2 N–H and O–H groups in total. The summed E-state index contributed by atoms with van der Waals surface area (Å²) in [6.07, 6.45) is 2.97. The summed E-state index contributed by atoms with van der Waals surface area (Å²) in [5.41, 5.74) is 5.17. The lowest BCUT2D eigenvalue weighted by Gasteiger charge is -2.12. The van der Waals surface area contributed by atoms with Gasteiger partial charge >= 0.3 is 5.97 Å². The average molecular weight is 501 g/mol. The Morgan fingerprint density at radius 2 is 1.57 bits per heavy atom. The minimum absolute atomic E-state index is 0.0198. The lowest BCUT2D eigenvalue weighted by atomic mass is 10.1. The maximum atomic E-state index is 13.0. The molecule has 9 heteroatoms. The Balaban J connectivity index is 1.80. The number of amides is 2. The fourth-order valence-electron chi connectivity index (χ4n) is 3.21. The van der Waals surface area contributed by atoms with Crippen molar-refractivity contribution in [1.82, 2.24) is 10.7 Å². The standard InChI is InChI=1S/C28H28N4O5/c1-19(33)37-25-15-12-21(17-26(25)36-4)18-29-31-28(35)24(30-27(34)22-8-6-5-7-9-22)16-20-10-13-23(14-11-20)32(2)3/h5-18H,1-4H3,(H,30,34)(H,31,35)/b24-16-,29-18-. The first-order valence-electron chi connectivity index (χ1n) is 11.3. The Bertz CT molecular complexity index is 1320. The van der Waals surface area contributed by atoms with Gasteiger partial charge in [0.25, 0.3) is 11.8 Å². The zero-order valence-electron chi connectivity index (χ0n) is 21.0. The summed E-state index contributed by atoms with van der Waals surface area (Å²) in [5.74, 6) is -0.907. The van der Waals surface area contributed by atoms with Crippen molar-refractivity contribution in [1.29, 1.82) is 0 Å². The molecule has 3 rings (SSSR count). The highest BCUT2D eigenvalue weighted by Gasteiger charge is 2.14. The molecule has 3 aromatic rings. The van der Waals surface area contributed by atoms with Gasteiger partial charge in [0.15, 0.2) is 11.5 Å². The van der Waals surface area contributed by atoms with Crippen molar-refractivity contribution in [2.24, 2.45) is 5.10 Å². The molecule has 0 aliphatic heterocycles. The summed E-state index contributed by atoms with van der Waals surface area (Å²) >= 11 is 0. The zero-order valence-corrected chi connectivity index (χ0v) is 21.0. The van der Waals surface area contributed by atoms with Crippen molar-refractivity contribution in [3.8, 4) is 11.5 Å². The van der Waals surface area contributed by atoms with E-state index < -0.39 is 17.8 Å². The Morgan fingerprint density at radius 1 is 0.892 bits per heavy atom. The molecule has 2 amide bonds. The van der Waals surface area contributed by atoms with Crippen LogP contribution in [0, 0.1) is 0 Å². The van der Waals surface area contributed by atoms with Crippen LogP contribution in [0.1, 0.15) is 28.4 Å². The first-order valence-corrected chi connectivity index (χ1v) is 11.3. The van der Waals surface area contributed by atoms with Crippen LogP contribution in [0.25, 0.3) is 6.08 Å². The number of carbonyl (C=O) groups excluding carboxylic acids is 3. The van der Waals surface area contributed by atoms with Crippen LogP contribution in [0.15, 0.2) is 83.6 Å². The van der Waals surface area contributed by atoms with Gasteiger partial charge in [-0.25, -0.2) is 5.43 Å². The smallest absolute Gasteiger partial charge is 0.308 e. The molecule has 190 valence electrons. The van der Waals surface area contributed by atoms with Crippen LogP contribution in [-0.4, -0.2) is 45.2 Å². The van der Waals surface area contributed by atoms with Crippen LogP contribution in [0.4, 0.5) is 5.69 Å². The van der Waals surface area contributed by atoms with Gasteiger partial charge in [-0.1, -0.05) is 30.3 Å². The number of nitrogens with one attached hydrogen (secondary N) is 2. The van der Waals surface area contributed by atoms with E-state index in [2.05, 4.69) is 15.8 Å². The number of carbonyl (C=O) groups is 3. The van der Waals surface area contributed by atoms with Gasteiger partial charge < -0.3 is 19.7 Å². The van der Waals surface area contributed by atoms with Crippen molar-refractivity contribution in [3.63, 3.8) is 0 Å². The summed E-state index contributed by atoms with van der Waals surface area (Å²) in [6, 6.07) is 20.9. The predicted octanol–water partition coefficient (Wildman–Crippen LogP) is 3.61. The van der Waals surface area contributed by atoms with E-state index in [1.807, 2.05) is 43.3 Å². The molecule has 0 unspecified atom stereocenters. The van der Waals surface area contributed by atoms with Crippen molar-refractivity contribution in [3.05, 3.63) is 95.2 Å². The highest BCUT2D eigenvalue weighted by molar-refractivity contribution is 6.05. The lowest BCUT2D eigenvalue weighted by Crippen LogP contribution is -2.32. The maximum absolute atomic E-state index is 13.0. The molecule has 0 saturated heterocycles.